The smallest absolute Gasteiger partial charge is 0.253 e. The van der Waals surface area contributed by atoms with E-state index in [1.165, 1.54) is 0 Å². The molecule has 1 heterocycles. The molecular weight excluding hydrogens is 302 g/mol. The highest BCUT2D eigenvalue weighted by Gasteiger charge is 2.16. The Hall–Kier alpha value is -2.23. The number of rotatable bonds is 6. The lowest BCUT2D eigenvalue weighted by atomic mass is 9.97. The summed E-state index contributed by atoms with van der Waals surface area (Å²) in [6.07, 6.45) is 3.99. The Morgan fingerprint density at radius 3 is 2.21 bits per heavy atom. The largest absolute Gasteiger partial charge is 0.496 e. The average Bonchev–Trinajstić information content (AvgIpc) is 2.59. The zero-order valence-electron chi connectivity index (χ0n) is 15.5. The van der Waals surface area contributed by atoms with E-state index in [1.54, 1.807) is 14.2 Å². The molecule has 130 valence electrons. The molecule has 0 spiro atoms. The molecule has 4 heteroatoms. The van der Waals surface area contributed by atoms with E-state index >= 15 is 0 Å². The van der Waals surface area contributed by atoms with Gasteiger partial charge < -0.3 is 14.0 Å². The summed E-state index contributed by atoms with van der Waals surface area (Å²) in [5.41, 5.74) is 4.83. The van der Waals surface area contributed by atoms with Crippen LogP contribution in [0.5, 0.6) is 11.5 Å². The van der Waals surface area contributed by atoms with Gasteiger partial charge in [-0.3, -0.25) is 4.79 Å². The lowest BCUT2D eigenvalue weighted by molar-refractivity contribution is 0.401. The third kappa shape index (κ3) is 3.32. The summed E-state index contributed by atoms with van der Waals surface area (Å²) in [7, 11) is 3.33. The number of aryl methyl sites for hydroxylation is 2. The van der Waals surface area contributed by atoms with Crippen LogP contribution in [0.2, 0.25) is 0 Å². The van der Waals surface area contributed by atoms with Crippen molar-refractivity contribution in [1.29, 1.82) is 0 Å². The van der Waals surface area contributed by atoms with Gasteiger partial charge in [-0.15, -0.1) is 0 Å². The van der Waals surface area contributed by atoms with Crippen LogP contribution < -0.4 is 15.0 Å². The SMILES string of the molecule is CCCCn1cc(-c2cc(OC)c(C)cc2OC)c(C)c(C)c1=O. The second kappa shape index (κ2) is 7.56. The molecule has 0 unspecified atom stereocenters. The number of benzene rings is 1. The molecule has 0 radical (unpaired) electrons. The van der Waals surface area contributed by atoms with Crippen LogP contribution in [0.3, 0.4) is 0 Å². The first kappa shape index (κ1) is 18.1. The molecule has 2 rings (SSSR count). The van der Waals surface area contributed by atoms with Gasteiger partial charge in [-0.25, -0.2) is 0 Å². The summed E-state index contributed by atoms with van der Waals surface area (Å²) in [6.45, 7) is 8.73. The Bertz CT molecular complexity index is 790. The minimum atomic E-state index is 0.0859. The van der Waals surface area contributed by atoms with Gasteiger partial charge in [0.05, 0.1) is 14.2 Å². The molecule has 0 saturated heterocycles. The fourth-order valence-corrected chi connectivity index (χ4v) is 2.92. The second-order valence-corrected chi connectivity index (χ2v) is 6.17. The van der Waals surface area contributed by atoms with E-state index in [2.05, 4.69) is 6.92 Å². The predicted molar refractivity (Wildman–Crippen MR) is 98.4 cm³/mol. The van der Waals surface area contributed by atoms with Crippen LogP contribution in [-0.4, -0.2) is 18.8 Å². The zero-order chi connectivity index (χ0) is 17.9. The number of methoxy groups -OCH3 is 2. The van der Waals surface area contributed by atoms with E-state index in [1.807, 2.05) is 43.7 Å². The van der Waals surface area contributed by atoms with Crippen molar-refractivity contribution in [1.82, 2.24) is 4.57 Å². The fourth-order valence-electron chi connectivity index (χ4n) is 2.92. The molecule has 24 heavy (non-hydrogen) atoms. The molecule has 0 saturated carbocycles. The molecule has 0 atom stereocenters. The van der Waals surface area contributed by atoms with E-state index in [0.717, 1.165) is 58.7 Å². The van der Waals surface area contributed by atoms with Crippen molar-refractivity contribution in [2.24, 2.45) is 0 Å². The fraction of sp³-hybridized carbons (Fsp3) is 0.450. The van der Waals surface area contributed by atoms with Crippen LogP contribution in [0.1, 0.15) is 36.5 Å². The van der Waals surface area contributed by atoms with Gasteiger partial charge in [-0.1, -0.05) is 13.3 Å². The monoisotopic (exact) mass is 329 g/mol. The maximum absolute atomic E-state index is 12.5. The van der Waals surface area contributed by atoms with Gasteiger partial charge in [0.2, 0.25) is 0 Å². The number of ether oxygens (including phenoxy) is 2. The highest BCUT2D eigenvalue weighted by Crippen LogP contribution is 2.37. The van der Waals surface area contributed by atoms with Gasteiger partial charge in [-0.05, 0) is 50.5 Å². The number of nitrogens with zero attached hydrogens (tertiary/aromatic N) is 1. The molecule has 1 aromatic heterocycles. The van der Waals surface area contributed by atoms with Gasteiger partial charge in [0.1, 0.15) is 11.5 Å². The molecule has 0 aliphatic carbocycles. The van der Waals surface area contributed by atoms with Crippen molar-refractivity contribution in [2.75, 3.05) is 14.2 Å². The first-order chi connectivity index (χ1) is 11.4. The molecule has 0 aliphatic rings. The van der Waals surface area contributed by atoms with Crippen LogP contribution in [-0.2, 0) is 6.54 Å². The molecule has 0 fully saturated rings. The van der Waals surface area contributed by atoms with Crippen molar-refractivity contribution < 1.29 is 9.47 Å². The van der Waals surface area contributed by atoms with Gasteiger partial charge in [-0.2, -0.15) is 0 Å². The Kier molecular flexibility index (Phi) is 5.71. The average molecular weight is 329 g/mol. The normalized spacial score (nSPS) is 10.8. The summed E-state index contributed by atoms with van der Waals surface area (Å²) in [4.78, 5) is 12.5. The van der Waals surface area contributed by atoms with Crippen molar-refractivity contribution in [3.8, 4) is 22.6 Å². The van der Waals surface area contributed by atoms with E-state index in [9.17, 15) is 4.79 Å². The zero-order valence-corrected chi connectivity index (χ0v) is 15.5. The standard InChI is InChI=1S/C20H27NO3/c1-7-8-9-21-12-17(14(3)15(4)20(21)22)16-11-18(23-5)13(2)10-19(16)24-6/h10-12H,7-9H2,1-6H3. The van der Waals surface area contributed by atoms with Crippen molar-refractivity contribution in [3.05, 3.63) is 45.4 Å². The first-order valence-electron chi connectivity index (χ1n) is 8.38. The number of pyridine rings is 1. The predicted octanol–water partition coefficient (Wildman–Crippen LogP) is 4.26. The van der Waals surface area contributed by atoms with Crippen LogP contribution in [0.15, 0.2) is 23.1 Å². The minimum Gasteiger partial charge on any atom is -0.496 e. The quantitative estimate of drug-likeness (QED) is 0.795. The molecule has 2 aromatic rings. The maximum atomic E-state index is 12.5. The van der Waals surface area contributed by atoms with E-state index in [0.29, 0.717) is 0 Å². The van der Waals surface area contributed by atoms with Gasteiger partial charge >= 0.3 is 0 Å². The van der Waals surface area contributed by atoms with Crippen molar-refractivity contribution >= 4 is 0 Å². The topological polar surface area (TPSA) is 40.5 Å². The Labute approximate surface area is 144 Å². The summed E-state index contributed by atoms with van der Waals surface area (Å²) in [5.74, 6) is 1.60. The lowest BCUT2D eigenvalue weighted by Crippen LogP contribution is -2.23. The van der Waals surface area contributed by atoms with Crippen LogP contribution in [0.25, 0.3) is 11.1 Å². The van der Waals surface area contributed by atoms with Gasteiger partial charge in [0.25, 0.3) is 5.56 Å². The summed E-state index contributed by atoms with van der Waals surface area (Å²) in [5, 5.41) is 0. The third-order valence-electron chi connectivity index (χ3n) is 4.59. The van der Waals surface area contributed by atoms with Gasteiger partial charge in [0.15, 0.2) is 0 Å². The van der Waals surface area contributed by atoms with Crippen LogP contribution in [0.4, 0.5) is 0 Å². The van der Waals surface area contributed by atoms with E-state index < -0.39 is 0 Å². The number of unbranched alkanes of at least 4 members (excludes halogenated alkanes) is 1. The molecule has 0 N–H and O–H groups in total. The van der Waals surface area contributed by atoms with Crippen molar-refractivity contribution in [3.63, 3.8) is 0 Å². The number of aromatic nitrogens is 1. The summed E-state index contributed by atoms with van der Waals surface area (Å²) >= 11 is 0. The third-order valence-corrected chi connectivity index (χ3v) is 4.59. The Morgan fingerprint density at radius 2 is 1.62 bits per heavy atom. The van der Waals surface area contributed by atoms with Crippen molar-refractivity contribution in [2.45, 2.75) is 47.1 Å². The maximum Gasteiger partial charge on any atom is 0.253 e. The summed E-state index contributed by atoms with van der Waals surface area (Å²) in [6, 6.07) is 3.97. The lowest BCUT2D eigenvalue weighted by Gasteiger charge is -2.18. The van der Waals surface area contributed by atoms with E-state index in [4.69, 9.17) is 9.47 Å². The Balaban J connectivity index is 2.72. The number of hydrogen-bond acceptors (Lipinski definition) is 3. The molecule has 0 bridgehead atoms. The summed E-state index contributed by atoms with van der Waals surface area (Å²) < 4.78 is 12.9. The number of hydrogen-bond donors (Lipinski definition) is 0. The molecular formula is C20H27NO3. The molecule has 0 amide bonds. The Morgan fingerprint density at radius 1 is 0.958 bits per heavy atom. The molecule has 1 aromatic carbocycles. The minimum absolute atomic E-state index is 0.0859. The van der Waals surface area contributed by atoms with Gasteiger partial charge in [0, 0.05) is 29.4 Å². The van der Waals surface area contributed by atoms with Crippen LogP contribution in [0, 0.1) is 20.8 Å². The van der Waals surface area contributed by atoms with Crippen LogP contribution >= 0.6 is 0 Å². The van der Waals surface area contributed by atoms with E-state index in [-0.39, 0.29) is 5.56 Å². The second-order valence-electron chi connectivity index (χ2n) is 6.17. The highest BCUT2D eigenvalue weighted by molar-refractivity contribution is 5.75. The molecule has 0 aliphatic heterocycles. The molecule has 4 nitrogen and oxygen atoms in total. The first-order valence-corrected chi connectivity index (χ1v) is 8.38. The highest BCUT2D eigenvalue weighted by atomic mass is 16.5.